The lowest BCUT2D eigenvalue weighted by molar-refractivity contribution is -0.120. The Balaban J connectivity index is 1.68. The average Bonchev–Trinajstić information content (AvgIpc) is 3.26. The number of rotatable bonds is 7. The van der Waals surface area contributed by atoms with Gasteiger partial charge in [-0.3, -0.25) is 4.79 Å². The first-order valence-electron chi connectivity index (χ1n) is 8.94. The van der Waals surface area contributed by atoms with Gasteiger partial charge in [0, 0.05) is 21.9 Å². The number of hydrogen-bond donors (Lipinski definition) is 1. The molecule has 0 aliphatic carbocycles. The fraction of sp³-hybridized carbons (Fsp3) is 0.333. The van der Waals surface area contributed by atoms with Gasteiger partial charge in [0.2, 0.25) is 5.91 Å². The molecule has 1 aromatic carbocycles. The molecule has 2 heterocycles. The molecule has 1 amide bonds. The zero-order valence-electron chi connectivity index (χ0n) is 16.2. The lowest BCUT2D eigenvalue weighted by atomic mass is 10.1. The number of hydrogen-bond acceptors (Lipinski definition) is 5. The van der Waals surface area contributed by atoms with E-state index in [1.54, 1.807) is 22.7 Å². The van der Waals surface area contributed by atoms with Crippen molar-refractivity contribution in [3.8, 4) is 11.3 Å². The van der Waals surface area contributed by atoms with E-state index in [4.69, 9.17) is 0 Å². The molecule has 1 unspecified atom stereocenters. The summed E-state index contributed by atoms with van der Waals surface area (Å²) in [6.45, 7) is 4.66. The Morgan fingerprint density at radius 2 is 1.93 bits per heavy atom. The van der Waals surface area contributed by atoms with Gasteiger partial charge in [-0.25, -0.2) is 4.98 Å². The number of carbonyl (C=O) groups is 1. The molecule has 27 heavy (non-hydrogen) atoms. The van der Waals surface area contributed by atoms with Crippen LogP contribution in [0.2, 0.25) is 0 Å². The van der Waals surface area contributed by atoms with Gasteiger partial charge in [-0.15, -0.1) is 22.7 Å². The molecule has 2 aromatic heterocycles. The number of likely N-dealkylation sites (N-methyl/N-ethyl adjacent to an activating group) is 1. The zero-order valence-corrected chi connectivity index (χ0v) is 17.8. The van der Waals surface area contributed by atoms with E-state index in [9.17, 15) is 4.79 Å². The fourth-order valence-corrected chi connectivity index (χ4v) is 4.84. The third kappa shape index (κ3) is 5.03. The zero-order chi connectivity index (χ0) is 19.4. The van der Waals surface area contributed by atoms with E-state index in [1.807, 2.05) is 27.1 Å². The molecular weight excluding hydrogens is 374 g/mol. The Hall–Kier alpha value is -2.02. The maximum absolute atomic E-state index is 12.6. The van der Waals surface area contributed by atoms with Crippen molar-refractivity contribution in [2.45, 2.75) is 26.3 Å². The predicted molar refractivity (Wildman–Crippen MR) is 114 cm³/mol. The average molecular weight is 400 g/mol. The van der Waals surface area contributed by atoms with Gasteiger partial charge in [0.05, 0.1) is 23.2 Å². The third-order valence-corrected chi connectivity index (χ3v) is 6.38. The van der Waals surface area contributed by atoms with Gasteiger partial charge in [-0.1, -0.05) is 35.9 Å². The van der Waals surface area contributed by atoms with Crippen LogP contribution in [0.4, 0.5) is 0 Å². The normalized spacial score (nSPS) is 12.3. The molecule has 3 rings (SSSR count). The van der Waals surface area contributed by atoms with E-state index >= 15 is 0 Å². The molecule has 0 bridgehead atoms. The summed E-state index contributed by atoms with van der Waals surface area (Å²) in [5.74, 6) is 0.0374. The second kappa shape index (κ2) is 8.78. The number of thiazole rings is 1. The molecule has 142 valence electrons. The second-order valence-corrected chi connectivity index (χ2v) is 9.11. The first kappa shape index (κ1) is 19.7. The number of amides is 1. The number of nitrogens with one attached hydrogen (secondary N) is 1. The summed E-state index contributed by atoms with van der Waals surface area (Å²) in [6.07, 6.45) is 0.360. The van der Waals surface area contributed by atoms with E-state index < -0.39 is 0 Å². The van der Waals surface area contributed by atoms with Crippen LogP contribution in [-0.4, -0.2) is 36.4 Å². The maximum atomic E-state index is 12.6. The minimum absolute atomic E-state index is 0.0374. The number of nitrogens with zero attached hydrogens (tertiary/aromatic N) is 2. The lowest BCUT2D eigenvalue weighted by Crippen LogP contribution is -2.34. The van der Waals surface area contributed by atoms with Crippen molar-refractivity contribution in [2.75, 3.05) is 20.6 Å². The molecular formula is C21H25N3OS2. The highest BCUT2D eigenvalue weighted by Gasteiger charge is 2.18. The highest BCUT2D eigenvalue weighted by Crippen LogP contribution is 2.29. The number of benzene rings is 1. The van der Waals surface area contributed by atoms with Crippen LogP contribution in [0.15, 0.2) is 41.8 Å². The van der Waals surface area contributed by atoms with E-state index in [2.05, 4.69) is 57.8 Å². The number of aromatic nitrogens is 1. The van der Waals surface area contributed by atoms with E-state index in [0.717, 1.165) is 21.1 Å². The minimum Gasteiger partial charge on any atom is -0.354 e. The summed E-state index contributed by atoms with van der Waals surface area (Å²) in [5, 5.41) is 6.16. The maximum Gasteiger partial charge on any atom is 0.225 e. The Bertz CT molecular complexity index is 883. The second-order valence-electron chi connectivity index (χ2n) is 6.85. The summed E-state index contributed by atoms with van der Waals surface area (Å²) >= 11 is 3.32. The molecule has 4 nitrogen and oxygen atoms in total. The van der Waals surface area contributed by atoms with Gasteiger partial charge >= 0.3 is 0 Å². The largest absolute Gasteiger partial charge is 0.354 e. The molecule has 1 N–H and O–H groups in total. The number of aryl methyl sites for hydroxylation is 2. The van der Waals surface area contributed by atoms with Crippen molar-refractivity contribution in [1.82, 2.24) is 15.2 Å². The van der Waals surface area contributed by atoms with Crippen LogP contribution in [0.25, 0.3) is 11.3 Å². The van der Waals surface area contributed by atoms with Crippen LogP contribution in [0.1, 0.15) is 26.4 Å². The highest BCUT2D eigenvalue weighted by molar-refractivity contribution is 7.12. The van der Waals surface area contributed by atoms with Gasteiger partial charge in [0.25, 0.3) is 0 Å². The highest BCUT2D eigenvalue weighted by atomic mass is 32.1. The van der Waals surface area contributed by atoms with Gasteiger partial charge in [0.1, 0.15) is 0 Å². The first-order valence-corrected chi connectivity index (χ1v) is 10.6. The summed E-state index contributed by atoms with van der Waals surface area (Å²) in [5.41, 5.74) is 3.21. The topological polar surface area (TPSA) is 45.2 Å². The van der Waals surface area contributed by atoms with Gasteiger partial charge < -0.3 is 10.2 Å². The van der Waals surface area contributed by atoms with Crippen molar-refractivity contribution in [3.05, 3.63) is 62.1 Å². The van der Waals surface area contributed by atoms with Crippen molar-refractivity contribution < 1.29 is 4.79 Å². The molecule has 0 saturated carbocycles. The summed E-state index contributed by atoms with van der Waals surface area (Å²) in [4.78, 5) is 21.7. The fourth-order valence-electron chi connectivity index (χ4n) is 2.96. The van der Waals surface area contributed by atoms with Gasteiger partial charge in [-0.05, 0) is 39.4 Å². The molecule has 0 fully saturated rings. The Labute approximate surface area is 168 Å². The lowest BCUT2D eigenvalue weighted by Gasteiger charge is -2.23. The molecule has 3 aromatic rings. The molecule has 0 aliphatic heterocycles. The van der Waals surface area contributed by atoms with E-state index in [0.29, 0.717) is 13.0 Å². The Morgan fingerprint density at radius 1 is 1.19 bits per heavy atom. The quantitative estimate of drug-likeness (QED) is 0.638. The summed E-state index contributed by atoms with van der Waals surface area (Å²) < 4.78 is 0. The monoisotopic (exact) mass is 399 g/mol. The molecule has 1 atom stereocenters. The predicted octanol–water partition coefficient (Wildman–Crippen LogP) is 4.45. The van der Waals surface area contributed by atoms with Crippen molar-refractivity contribution in [3.63, 3.8) is 0 Å². The van der Waals surface area contributed by atoms with Crippen molar-refractivity contribution >= 4 is 28.6 Å². The molecule has 0 aliphatic rings. The standard InChI is InChI=1S/C21H25N3OS2/c1-14-7-9-16(10-8-14)21-19(27-15(2)23-21)12-20(25)22-13-17(24(3)4)18-6-5-11-26-18/h5-11,17H,12-13H2,1-4H3,(H,22,25). The molecule has 0 radical (unpaired) electrons. The summed E-state index contributed by atoms with van der Waals surface area (Å²) in [7, 11) is 4.08. The summed E-state index contributed by atoms with van der Waals surface area (Å²) in [6, 6.07) is 12.7. The third-order valence-electron chi connectivity index (χ3n) is 4.44. The Morgan fingerprint density at radius 3 is 2.56 bits per heavy atom. The van der Waals surface area contributed by atoms with Crippen LogP contribution >= 0.6 is 22.7 Å². The SMILES string of the molecule is Cc1ccc(-c2nc(C)sc2CC(=O)NCC(c2cccs2)N(C)C)cc1. The van der Waals surface area contributed by atoms with Gasteiger partial charge in [0.15, 0.2) is 0 Å². The molecule has 0 spiro atoms. The smallest absolute Gasteiger partial charge is 0.225 e. The Kier molecular flexibility index (Phi) is 6.42. The van der Waals surface area contributed by atoms with Crippen LogP contribution in [0.3, 0.4) is 0 Å². The molecule has 0 saturated heterocycles. The van der Waals surface area contributed by atoms with Gasteiger partial charge in [-0.2, -0.15) is 0 Å². The van der Waals surface area contributed by atoms with Crippen LogP contribution < -0.4 is 5.32 Å². The minimum atomic E-state index is 0.0374. The first-order chi connectivity index (χ1) is 12.9. The van der Waals surface area contributed by atoms with Crippen LogP contribution in [-0.2, 0) is 11.2 Å². The number of carbonyl (C=O) groups excluding carboxylic acids is 1. The van der Waals surface area contributed by atoms with Crippen molar-refractivity contribution in [2.24, 2.45) is 0 Å². The van der Waals surface area contributed by atoms with E-state index in [-0.39, 0.29) is 11.9 Å². The van der Waals surface area contributed by atoms with Crippen LogP contribution in [0, 0.1) is 13.8 Å². The van der Waals surface area contributed by atoms with Crippen molar-refractivity contribution in [1.29, 1.82) is 0 Å². The van der Waals surface area contributed by atoms with E-state index in [1.165, 1.54) is 10.4 Å². The van der Waals surface area contributed by atoms with Crippen LogP contribution in [0.5, 0.6) is 0 Å². The molecule has 6 heteroatoms. The number of thiophene rings is 1.